The Kier molecular flexibility index (Phi) is 5.83. The van der Waals surface area contributed by atoms with Crippen LogP contribution in [0.3, 0.4) is 0 Å². The summed E-state index contributed by atoms with van der Waals surface area (Å²) in [4.78, 5) is 16.5. The Labute approximate surface area is 154 Å². The zero-order valence-electron chi connectivity index (χ0n) is 13.7. The van der Waals surface area contributed by atoms with Gasteiger partial charge in [-0.15, -0.1) is 11.3 Å². The number of carbonyl (C=O) groups is 1. The zero-order chi connectivity index (χ0) is 17.6. The largest absolute Gasteiger partial charge is 0.351 e. The molecule has 0 spiro atoms. The van der Waals surface area contributed by atoms with E-state index in [1.165, 1.54) is 34.7 Å². The molecule has 3 rings (SSSR count). The highest BCUT2D eigenvalue weighted by Gasteiger charge is 2.09. The summed E-state index contributed by atoms with van der Waals surface area (Å²) in [5.41, 5.74) is 3.67. The average molecular weight is 372 g/mol. The van der Waals surface area contributed by atoms with Crippen molar-refractivity contribution in [1.82, 2.24) is 10.3 Å². The number of nitrogens with one attached hydrogen (secondary N) is 1. The van der Waals surface area contributed by atoms with Crippen LogP contribution in [0.25, 0.3) is 11.3 Å². The molecule has 3 nitrogen and oxygen atoms in total. The lowest BCUT2D eigenvalue weighted by molar-refractivity contribution is -0.118. The Hall–Kier alpha value is -2.18. The second kappa shape index (κ2) is 8.27. The van der Waals surface area contributed by atoms with E-state index in [9.17, 15) is 9.18 Å². The van der Waals surface area contributed by atoms with Crippen LogP contribution in [0.5, 0.6) is 0 Å². The molecule has 0 radical (unpaired) electrons. The maximum atomic E-state index is 13.5. The van der Waals surface area contributed by atoms with Crippen LogP contribution < -0.4 is 5.32 Å². The molecule has 25 heavy (non-hydrogen) atoms. The minimum Gasteiger partial charge on any atom is -0.351 e. The van der Waals surface area contributed by atoms with Gasteiger partial charge in [-0.05, 0) is 13.0 Å². The topological polar surface area (TPSA) is 42.0 Å². The predicted octanol–water partition coefficient (Wildman–Crippen LogP) is 4.67. The van der Waals surface area contributed by atoms with Crippen molar-refractivity contribution < 1.29 is 9.18 Å². The van der Waals surface area contributed by atoms with Crippen LogP contribution in [0.2, 0.25) is 0 Å². The molecule has 0 unspecified atom stereocenters. The number of aromatic nitrogens is 1. The molecule has 1 aromatic heterocycles. The van der Waals surface area contributed by atoms with E-state index in [0.29, 0.717) is 5.56 Å². The monoisotopic (exact) mass is 372 g/mol. The Bertz CT molecular complexity index is 862. The first kappa shape index (κ1) is 17.6. The van der Waals surface area contributed by atoms with E-state index in [4.69, 9.17) is 0 Å². The van der Waals surface area contributed by atoms with Gasteiger partial charge in [0.15, 0.2) is 4.34 Å². The number of halogens is 1. The minimum atomic E-state index is -0.307. The third-order valence-electron chi connectivity index (χ3n) is 3.59. The van der Waals surface area contributed by atoms with Crippen molar-refractivity contribution in [2.24, 2.45) is 0 Å². The molecule has 0 fully saturated rings. The van der Waals surface area contributed by atoms with E-state index in [0.717, 1.165) is 15.6 Å². The minimum absolute atomic E-state index is 0.139. The third kappa shape index (κ3) is 4.90. The summed E-state index contributed by atoms with van der Waals surface area (Å²) in [7, 11) is 0. The number of hydrogen-bond donors (Lipinski definition) is 1. The maximum Gasteiger partial charge on any atom is 0.230 e. The van der Waals surface area contributed by atoms with Gasteiger partial charge in [-0.2, -0.15) is 0 Å². The van der Waals surface area contributed by atoms with Crippen molar-refractivity contribution in [3.8, 4) is 11.3 Å². The van der Waals surface area contributed by atoms with Gasteiger partial charge in [0.05, 0.1) is 11.4 Å². The first-order valence-corrected chi connectivity index (χ1v) is 9.64. The highest BCUT2D eigenvalue weighted by molar-refractivity contribution is 8.01. The smallest absolute Gasteiger partial charge is 0.230 e. The number of carbonyl (C=O) groups excluding carboxylic acids is 1. The van der Waals surface area contributed by atoms with E-state index in [2.05, 4.69) is 22.4 Å². The van der Waals surface area contributed by atoms with Crippen LogP contribution in [0.15, 0.2) is 58.3 Å². The Morgan fingerprint density at radius 2 is 1.96 bits per heavy atom. The number of thioether (sulfide) groups is 1. The molecule has 0 aliphatic heterocycles. The molecule has 1 amide bonds. The summed E-state index contributed by atoms with van der Waals surface area (Å²) in [5.74, 6) is -0.187. The Balaban J connectivity index is 1.51. The summed E-state index contributed by atoms with van der Waals surface area (Å²) < 4.78 is 14.4. The second-order valence-corrected chi connectivity index (χ2v) is 7.60. The molecule has 0 aliphatic carbocycles. The van der Waals surface area contributed by atoms with Crippen molar-refractivity contribution in [1.29, 1.82) is 0 Å². The lowest BCUT2D eigenvalue weighted by atomic mass is 10.1. The van der Waals surface area contributed by atoms with Gasteiger partial charge in [0.2, 0.25) is 5.91 Å². The van der Waals surface area contributed by atoms with Crippen molar-refractivity contribution >= 4 is 29.0 Å². The number of benzene rings is 2. The quantitative estimate of drug-likeness (QED) is 0.640. The van der Waals surface area contributed by atoms with Gasteiger partial charge in [0.1, 0.15) is 5.82 Å². The van der Waals surface area contributed by atoms with Crippen molar-refractivity contribution in [3.63, 3.8) is 0 Å². The lowest BCUT2D eigenvalue weighted by Crippen LogP contribution is -2.24. The van der Waals surface area contributed by atoms with E-state index in [1.807, 2.05) is 24.4 Å². The summed E-state index contributed by atoms with van der Waals surface area (Å²) >= 11 is 2.91. The number of rotatable bonds is 6. The lowest BCUT2D eigenvalue weighted by Gasteiger charge is -2.05. The van der Waals surface area contributed by atoms with Crippen LogP contribution in [-0.4, -0.2) is 16.6 Å². The summed E-state index contributed by atoms with van der Waals surface area (Å²) in [5, 5.41) is 4.72. The molecule has 0 saturated carbocycles. The van der Waals surface area contributed by atoms with Gasteiger partial charge in [-0.3, -0.25) is 4.79 Å². The fourth-order valence-electron chi connectivity index (χ4n) is 2.19. The van der Waals surface area contributed by atoms with Gasteiger partial charge in [0, 0.05) is 23.1 Å². The summed E-state index contributed by atoms with van der Waals surface area (Å²) in [6, 6.07) is 14.6. The number of amides is 1. The SMILES string of the molecule is Cc1ccc(-c2csc(SCC(=O)NCc3ccccc3F)n2)cc1. The predicted molar refractivity (Wildman–Crippen MR) is 101 cm³/mol. The molecular weight excluding hydrogens is 355 g/mol. The summed E-state index contributed by atoms with van der Waals surface area (Å²) in [6.45, 7) is 2.24. The first-order valence-electron chi connectivity index (χ1n) is 7.77. The van der Waals surface area contributed by atoms with Gasteiger partial charge in [0.25, 0.3) is 0 Å². The molecule has 1 heterocycles. The molecule has 0 saturated heterocycles. The van der Waals surface area contributed by atoms with Crippen LogP contribution in [0.4, 0.5) is 4.39 Å². The maximum absolute atomic E-state index is 13.5. The average Bonchev–Trinajstić information content (AvgIpc) is 3.09. The molecule has 3 aromatic rings. The third-order valence-corrected chi connectivity index (χ3v) is 5.61. The standard InChI is InChI=1S/C19H17FN2OS2/c1-13-6-8-14(9-7-13)17-11-24-19(22-17)25-12-18(23)21-10-15-4-2-3-5-16(15)20/h2-9,11H,10,12H2,1H3,(H,21,23). The fraction of sp³-hybridized carbons (Fsp3) is 0.158. The first-order chi connectivity index (χ1) is 12.1. The van der Waals surface area contributed by atoms with Gasteiger partial charge >= 0.3 is 0 Å². The molecule has 1 N–H and O–H groups in total. The van der Waals surface area contributed by atoms with E-state index in [1.54, 1.807) is 18.2 Å². The molecule has 0 atom stereocenters. The molecular formula is C19H17FN2OS2. The van der Waals surface area contributed by atoms with Crippen molar-refractivity contribution in [2.45, 2.75) is 17.8 Å². The summed E-state index contributed by atoms with van der Waals surface area (Å²) in [6.07, 6.45) is 0. The van der Waals surface area contributed by atoms with E-state index < -0.39 is 0 Å². The van der Waals surface area contributed by atoms with Gasteiger partial charge in [-0.25, -0.2) is 9.37 Å². The van der Waals surface area contributed by atoms with Crippen LogP contribution in [0.1, 0.15) is 11.1 Å². The molecule has 6 heteroatoms. The van der Waals surface area contributed by atoms with Crippen LogP contribution in [-0.2, 0) is 11.3 Å². The van der Waals surface area contributed by atoms with Gasteiger partial charge in [-0.1, -0.05) is 59.8 Å². The zero-order valence-corrected chi connectivity index (χ0v) is 15.3. The normalized spacial score (nSPS) is 10.6. The van der Waals surface area contributed by atoms with Gasteiger partial charge < -0.3 is 5.32 Å². The van der Waals surface area contributed by atoms with Crippen molar-refractivity contribution in [2.75, 3.05) is 5.75 Å². The van der Waals surface area contributed by atoms with Crippen LogP contribution >= 0.6 is 23.1 Å². The van der Waals surface area contributed by atoms with Crippen LogP contribution in [0, 0.1) is 12.7 Å². The number of hydrogen-bond acceptors (Lipinski definition) is 4. The Morgan fingerprint density at radius 1 is 1.20 bits per heavy atom. The highest BCUT2D eigenvalue weighted by Crippen LogP contribution is 2.28. The second-order valence-electron chi connectivity index (χ2n) is 5.52. The number of aryl methyl sites for hydroxylation is 1. The van der Waals surface area contributed by atoms with E-state index >= 15 is 0 Å². The fourth-order valence-corrected chi connectivity index (χ4v) is 3.86. The molecule has 128 valence electrons. The van der Waals surface area contributed by atoms with Crippen molar-refractivity contribution in [3.05, 3.63) is 70.9 Å². The van der Waals surface area contributed by atoms with E-state index in [-0.39, 0.29) is 24.0 Å². The molecule has 0 aliphatic rings. The number of nitrogens with zero attached hydrogens (tertiary/aromatic N) is 1. The Morgan fingerprint density at radius 3 is 2.72 bits per heavy atom. The highest BCUT2D eigenvalue weighted by atomic mass is 32.2. The molecule has 0 bridgehead atoms. The number of thiazole rings is 1. The molecule has 2 aromatic carbocycles.